The highest BCUT2D eigenvalue weighted by molar-refractivity contribution is 5.48. The molecule has 0 heteroatoms. The summed E-state index contributed by atoms with van der Waals surface area (Å²) in [5.41, 5.74) is 1.29. The fourth-order valence-electron chi connectivity index (χ4n) is 1.34. The molecule has 0 aliphatic rings. The SMILES string of the molecule is CCC/C=C/c1ccccc1.c1ccccc1. The zero-order valence-electron chi connectivity index (χ0n) is 10.4. The van der Waals surface area contributed by atoms with Crippen molar-refractivity contribution in [3.05, 3.63) is 78.4 Å². The Hall–Kier alpha value is -1.82. The molecule has 0 fully saturated rings. The van der Waals surface area contributed by atoms with Gasteiger partial charge in [-0.3, -0.25) is 0 Å². The molecule has 2 aromatic carbocycles. The summed E-state index contributed by atoms with van der Waals surface area (Å²) in [6.07, 6.45) is 6.79. The highest BCUT2D eigenvalue weighted by atomic mass is 13.9. The van der Waals surface area contributed by atoms with E-state index in [-0.39, 0.29) is 0 Å². The highest BCUT2D eigenvalue weighted by Gasteiger charge is 1.80. The van der Waals surface area contributed by atoms with Gasteiger partial charge in [0.2, 0.25) is 0 Å². The molecule has 0 N–H and O–H groups in total. The maximum atomic E-state index is 2.22. The lowest BCUT2D eigenvalue weighted by Crippen LogP contribution is -1.68. The van der Waals surface area contributed by atoms with Gasteiger partial charge >= 0.3 is 0 Å². The molecular formula is C17H20. The third-order valence-electron chi connectivity index (χ3n) is 2.23. The molecule has 0 nitrogen and oxygen atoms in total. The van der Waals surface area contributed by atoms with Crippen LogP contribution < -0.4 is 0 Å². The van der Waals surface area contributed by atoms with Crippen molar-refractivity contribution in [1.82, 2.24) is 0 Å². The van der Waals surface area contributed by atoms with Crippen molar-refractivity contribution in [2.75, 3.05) is 0 Å². The Balaban J connectivity index is 0.000000202. The van der Waals surface area contributed by atoms with E-state index in [0.717, 1.165) is 0 Å². The standard InChI is InChI=1S/C11H14.C6H6/c1-2-3-5-8-11-9-6-4-7-10-11;1-2-4-6-5-3-1/h4-10H,2-3H2,1H3;1-6H/b8-5+;. The second kappa shape index (κ2) is 9.41. The smallest absolute Gasteiger partial charge is 0.0260 e. The van der Waals surface area contributed by atoms with E-state index in [9.17, 15) is 0 Å². The van der Waals surface area contributed by atoms with Crippen LogP contribution >= 0.6 is 0 Å². The first-order chi connectivity index (χ1) is 8.43. The fourth-order valence-corrected chi connectivity index (χ4v) is 1.34. The molecule has 0 spiro atoms. The van der Waals surface area contributed by atoms with Crippen LogP contribution in [0.25, 0.3) is 6.08 Å². The predicted molar refractivity (Wildman–Crippen MR) is 76.8 cm³/mol. The van der Waals surface area contributed by atoms with Crippen LogP contribution in [0.5, 0.6) is 0 Å². The lowest BCUT2D eigenvalue weighted by atomic mass is 10.2. The summed E-state index contributed by atoms with van der Waals surface area (Å²) >= 11 is 0. The molecule has 0 aliphatic heterocycles. The molecule has 0 saturated carbocycles. The minimum absolute atomic E-state index is 1.18. The zero-order valence-corrected chi connectivity index (χ0v) is 10.4. The van der Waals surface area contributed by atoms with Crippen molar-refractivity contribution in [2.24, 2.45) is 0 Å². The number of benzene rings is 2. The van der Waals surface area contributed by atoms with E-state index in [0.29, 0.717) is 0 Å². The molecule has 88 valence electrons. The van der Waals surface area contributed by atoms with E-state index in [2.05, 4.69) is 43.3 Å². The molecule has 0 aromatic heterocycles. The van der Waals surface area contributed by atoms with E-state index in [1.54, 1.807) is 0 Å². The molecular weight excluding hydrogens is 204 g/mol. The molecule has 17 heavy (non-hydrogen) atoms. The summed E-state index contributed by atoms with van der Waals surface area (Å²) in [7, 11) is 0. The topological polar surface area (TPSA) is 0 Å². The molecule has 2 aromatic rings. The van der Waals surface area contributed by atoms with Gasteiger partial charge < -0.3 is 0 Å². The summed E-state index contributed by atoms with van der Waals surface area (Å²) < 4.78 is 0. The van der Waals surface area contributed by atoms with Crippen LogP contribution in [0.4, 0.5) is 0 Å². The number of hydrogen-bond acceptors (Lipinski definition) is 0. The minimum atomic E-state index is 1.18. The van der Waals surface area contributed by atoms with Gasteiger partial charge in [-0.1, -0.05) is 92.2 Å². The normalized spacial score (nSPS) is 9.71. The van der Waals surface area contributed by atoms with Crippen LogP contribution in [0.3, 0.4) is 0 Å². The summed E-state index contributed by atoms with van der Waals surface area (Å²) in [5, 5.41) is 0. The van der Waals surface area contributed by atoms with Crippen LogP contribution in [0.1, 0.15) is 25.3 Å². The van der Waals surface area contributed by atoms with Crippen LogP contribution in [-0.2, 0) is 0 Å². The van der Waals surface area contributed by atoms with Gasteiger partial charge in [0.25, 0.3) is 0 Å². The van der Waals surface area contributed by atoms with Gasteiger partial charge in [0.1, 0.15) is 0 Å². The highest BCUT2D eigenvalue weighted by Crippen LogP contribution is 2.02. The largest absolute Gasteiger partial charge is 0.0840 e. The Morgan fingerprint density at radius 2 is 1.24 bits per heavy atom. The Morgan fingerprint density at radius 3 is 1.71 bits per heavy atom. The maximum absolute atomic E-state index is 2.22. The lowest BCUT2D eigenvalue weighted by Gasteiger charge is -1.89. The second-order valence-corrected chi connectivity index (χ2v) is 3.76. The first kappa shape index (κ1) is 13.2. The number of allylic oxidation sites excluding steroid dienone is 1. The summed E-state index contributed by atoms with van der Waals surface area (Å²) in [6, 6.07) is 22.4. The number of rotatable bonds is 3. The van der Waals surface area contributed by atoms with E-state index in [4.69, 9.17) is 0 Å². The van der Waals surface area contributed by atoms with Crippen molar-refractivity contribution < 1.29 is 0 Å². The van der Waals surface area contributed by atoms with Crippen molar-refractivity contribution in [3.63, 3.8) is 0 Å². The first-order valence-corrected chi connectivity index (χ1v) is 6.15. The fraction of sp³-hybridized carbons (Fsp3) is 0.176. The quantitative estimate of drug-likeness (QED) is 0.673. The molecule has 0 unspecified atom stereocenters. The molecule has 0 bridgehead atoms. The summed E-state index contributed by atoms with van der Waals surface area (Å²) in [5.74, 6) is 0. The van der Waals surface area contributed by atoms with Gasteiger partial charge in [0.15, 0.2) is 0 Å². The average Bonchev–Trinajstić information content (AvgIpc) is 2.43. The van der Waals surface area contributed by atoms with Gasteiger partial charge in [0, 0.05) is 0 Å². The van der Waals surface area contributed by atoms with Gasteiger partial charge in [-0.25, -0.2) is 0 Å². The van der Waals surface area contributed by atoms with Crippen molar-refractivity contribution in [2.45, 2.75) is 19.8 Å². The van der Waals surface area contributed by atoms with E-state index in [1.165, 1.54) is 18.4 Å². The predicted octanol–water partition coefficient (Wildman–Crippen LogP) is 5.19. The van der Waals surface area contributed by atoms with Crippen molar-refractivity contribution in [3.8, 4) is 0 Å². The van der Waals surface area contributed by atoms with Gasteiger partial charge in [-0.05, 0) is 12.0 Å². The maximum Gasteiger partial charge on any atom is -0.0260 e. The number of unbranched alkanes of at least 4 members (excludes halogenated alkanes) is 1. The van der Waals surface area contributed by atoms with E-state index >= 15 is 0 Å². The van der Waals surface area contributed by atoms with E-state index in [1.807, 2.05) is 42.5 Å². The second-order valence-electron chi connectivity index (χ2n) is 3.76. The van der Waals surface area contributed by atoms with Gasteiger partial charge in [0.05, 0.1) is 0 Å². The number of hydrogen-bond donors (Lipinski definition) is 0. The summed E-state index contributed by atoms with van der Waals surface area (Å²) in [6.45, 7) is 2.19. The first-order valence-electron chi connectivity index (χ1n) is 6.15. The van der Waals surface area contributed by atoms with Gasteiger partial charge in [-0.15, -0.1) is 0 Å². The third-order valence-corrected chi connectivity index (χ3v) is 2.23. The lowest BCUT2D eigenvalue weighted by molar-refractivity contribution is 0.962. The molecule has 0 aliphatic carbocycles. The van der Waals surface area contributed by atoms with Crippen LogP contribution in [0, 0.1) is 0 Å². The van der Waals surface area contributed by atoms with Crippen LogP contribution in [0.15, 0.2) is 72.8 Å². The Morgan fingerprint density at radius 1 is 0.765 bits per heavy atom. The Bertz CT molecular complexity index is 360. The van der Waals surface area contributed by atoms with Gasteiger partial charge in [-0.2, -0.15) is 0 Å². The minimum Gasteiger partial charge on any atom is -0.0840 e. The van der Waals surface area contributed by atoms with Crippen LogP contribution in [-0.4, -0.2) is 0 Å². The molecule has 0 atom stereocenters. The zero-order chi connectivity index (χ0) is 12.2. The molecule has 0 amide bonds. The van der Waals surface area contributed by atoms with Crippen LogP contribution in [0.2, 0.25) is 0 Å². The molecule has 0 heterocycles. The van der Waals surface area contributed by atoms with Crippen molar-refractivity contribution in [1.29, 1.82) is 0 Å². The molecule has 0 radical (unpaired) electrons. The molecule has 0 saturated heterocycles. The van der Waals surface area contributed by atoms with E-state index < -0.39 is 0 Å². The third kappa shape index (κ3) is 7.13. The average molecular weight is 224 g/mol. The Labute approximate surface area is 105 Å². The molecule has 2 rings (SSSR count). The van der Waals surface area contributed by atoms with Crippen molar-refractivity contribution >= 4 is 6.08 Å². The Kier molecular flexibility index (Phi) is 7.33. The monoisotopic (exact) mass is 224 g/mol. The summed E-state index contributed by atoms with van der Waals surface area (Å²) in [4.78, 5) is 0.